The first kappa shape index (κ1) is 12.4. The Morgan fingerprint density at radius 2 is 2.47 bits per heavy atom. The number of nitrogens with one attached hydrogen (secondary N) is 1. The van der Waals surface area contributed by atoms with Gasteiger partial charge in [0.05, 0.1) is 23.7 Å². The van der Waals surface area contributed by atoms with Crippen LogP contribution >= 0.6 is 11.6 Å². The van der Waals surface area contributed by atoms with E-state index in [0.717, 1.165) is 6.54 Å². The van der Waals surface area contributed by atoms with E-state index in [0.29, 0.717) is 17.5 Å². The van der Waals surface area contributed by atoms with Crippen LogP contribution in [-0.4, -0.2) is 22.2 Å². The minimum Gasteiger partial charge on any atom is -0.356 e. The standard InChI is InChI=1S/C12H18ClN3O/c1-9(7-16-8-11(13)6-15-16)12(17)14-5-10-3-2-4-10/h6,8-10H,2-5,7H2,1H3,(H,14,17). The number of carbonyl (C=O) groups is 1. The molecular formula is C12H18ClN3O. The van der Waals surface area contributed by atoms with Gasteiger partial charge in [-0.1, -0.05) is 24.9 Å². The zero-order valence-corrected chi connectivity index (χ0v) is 10.8. The van der Waals surface area contributed by atoms with E-state index in [1.54, 1.807) is 17.1 Å². The van der Waals surface area contributed by atoms with Crippen LogP contribution in [0, 0.1) is 11.8 Å². The minimum absolute atomic E-state index is 0.0777. The largest absolute Gasteiger partial charge is 0.356 e. The Kier molecular flexibility index (Phi) is 4.05. The maximum Gasteiger partial charge on any atom is 0.224 e. The fourth-order valence-corrected chi connectivity index (χ4v) is 2.07. The molecule has 0 aliphatic heterocycles. The second kappa shape index (κ2) is 5.54. The van der Waals surface area contributed by atoms with E-state index >= 15 is 0 Å². The second-order valence-electron chi connectivity index (χ2n) is 4.82. The van der Waals surface area contributed by atoms with E-state index in [1.807, 2.05) is 6.92 Å². The Balaban J connectivity index is 1.74. The molecule has 0 bridgehead atoms. The molecule has 0 saturated heterocycles. The monoisotopic (exact) mass is 255 g/mol. The van der Waals surface area contributed by atoms with E-state index in [9.17, 15) is 4.79 Å². The summed E-state index contributed by atoms with van der Waals surface area (Å²) in [6.45, 7) is 3.30. The second-order valence-corrected chi connectivity index (χ2v) is 5.26. The Bertz CT molecular complexity index is 387. The molecule has 1 unspecified atom stereocenters. The maximum absolute atomic E-state index is 11.8. The van der Waals surface area contributed by atoms with E-state index in [4.69, 9.17) is 11.6 Å². The van der Waals surface area contributed by atoms with Crippen molar-refractivity contribution in [3.05, 3.63) is 17.4 Å². The van der Waals surface area contributed by atoms with Crippen LogP contribution in [0.1, 0.15) is 26.2 Å². The number of halogens is 1. The van der Waals surface area contributed by atoms with Crippen molar-refractivity contribution in [1.82, 2.24) is 15.1 Å². The summed E-state index contributed by atoms with van der Waals surface area (Å²) in [5.74, 6) is 0.722. The molecule has 5 heteroatoms. The lowest BCUT2D eigenvalue weighted by molar-refractivity contribution is -0.125. The number of rotatable bonds is 5. The molecule has 94 valence electrons. The van der Waals surface area contributed by atoms with E-state index < -0.39 is 0 Å². The zero-order chi connectivity index (χ0) is 12.3. The first-order valence-corrected chi connectivity index (χ1v) is 6.48. The van der Waals surface area contributed by atoms with Crippen LogP contribution in [0.25, 0.3) is 0 Å². The van der Waals surface area contributed by atoms with Gasteiger partial charge in [-0.05, 0) is 18.8 Å². The van der Waals surface area contributed by atoms with Gasteiger partial charge in [0.2, 0.25) is 5.91 Å². The molecule has 4 nitrogen and oxygen atoms in total. The van der Waals surface area contributed by atoms with Crippen LogP contribution in [0.2, 0.25) is 5.02 Å². The molecule has 1 fully saturated rings. The van der Waals surface area contributed by atoms with Crippen molar-refractivity contribution < 1.29 is 4.79 Å². The molecule has 1 aliphatic carbocycles. The summed E-state index contributed by atoms with van der Waals surface area (Å²) in [6.07, 6.45) is 7.13. The lowest BCUT2D eigenvalue weighted by Gasteiger charge is -2.26. The van der Waals surface area contributed by atoms with E-state index in [-0.39, 0.29) is 11.8 Å². The topological polar surface area (TPSA) is 46.9 Å². The number of amides is 1. The van der Waals surface area contributed by atoms with Crippen LogP contribution in [0.15, 0.2) is 12.4 Å². The average molecular weight is 256 g/mol. The smallest absolute Gasteiger partial charge is 0.224 e. The van der Waals surface area contributed by atoms with Gasteiger partial charge in [0, 0.05) is 12.7 Å². The van der Waals surface area contributed by atoms with Crippen molar-refractivity contribution in [2.75, 3.05) is 6.54 Å². The minimum atomic E-state index is -0.0777. The maximum atomic E-state index is 11.8. The van der Waals surface area contributed by atoms with Crippen LogP contribution in [0.4, 0.5) is 0 Å². The summed E-state index contributed by atoms with van der Waals surface area (Å²) >= 11 is 5.77. The summed E-state index contributed by atoms with van der Waals surface area (Å²) in [7, 11) is 0. The van der Waals surface area contributed by atoms with Crippen molar-refractivity contribution in [3.8, 4) is 0 Å². The Morgan fingerprint density at radius 3 is 3.00 bits per heavy atom. The fraction of sp³-hybridized carbons (Fsp3) is 0.667. The number of hydrogen-bond donors (Lipinski definition) is 1. The molecule has 0 spiro atoms. The first-order chi connectivity index (χ1) is 8.15. The van der Waals surface area contributed by atoms with Crippen LogP contribution in [-0.2, 0) is 11.3 Å². The third kappa shape index (κ3) is 3.46. The highest BCUT2D eigenvalue weighted by atomic mass is 35.5. The number of aromatic nitrogens is 2. The highest BCUT2D eigenvalue weighted by Crippen LogP contribution is 2.25. The molecule has 1 aliphatic rings. The number of nitrogens with zero attached hydrogens (tertiary/aromatic N) is 2. The van der Waals surface area contributed by atoms with Crippen molar-refractivity contribution in [1.29, 1.82) is 0 Å². The lowest BCUT2D eigenvalue weighted by Crippen LogP contribution is -2.36. The van der Waals surface area contributed by atoms with Gasteiger partial charge in [0.15, 0.2) is 0 Å². The molecule has 1 N–H and O–H groups in total. The quantitative estimate of drug-likeness (QED) is 0.876. The molecular weight excluding hydrogens is 238 g/mol. The molecule has 0 radical (unpaired) electrons. The third-order valence-corrected chi connectivity index (χ3v) is 3.50. The van der Waals surface area contributed by atoms with Gasteiger partial charge in [0.1, 0.15) is 0 Å². The van der Waals surface area contributed by atoms with Gasteiger partial charge in [-0.3, -0.25) is 9.48 Å². The van der Waals surface area contributed by atoms with Crippen LogP contribution in [0.5, 0.6) is 0 Å². The predicted octanol–water partition coefficient (Wildman–Crippen LogP) is 2.09. The molecule has 17 heavy (non-hydrogen) atoms. The molecule has 1 aromatic heterocycles. The zero-order valence-electron chi connectivity index (χ0n) is 10.0. The Morgan fingerprint density at radius 1 is 1.71 bits per heavy atom. The van der Waals surface area contributed by atoms with Gasteiger partial charge in [0.25, 0.3) is 0 Å². The molecule has 1 heterocycles. The van der Waals surface area contributed by atoms with E-state index in [2.05, 4.69) is 10.4 Å². The molecule has 1 atom stereocenters. The van der Waals surface area contributed by atoms with Gasteiger partial charge in [-0.25, -0.2) is 0 Å². The molecule has 1 amide bonds. The lowest BCUT2D eigenvalue weighted by atomic mass is 9.85. The first-order valence-electron chi connectivity index (χ1n) is 6.11. The van der Waals surface area contributed by atoms with Crippen LogP contribution in [0.3, 0.4) is 0 Å². The predicted molar refractivity (Wildman–Crippen MR) is 66.8 cm³/mol. The molecule has 0 aromatic carbocycles. The van der Waals surface area contributed by atoms with Crippen LogP contribution < -0.4 is 5.32 Å². The average Bonchev–Trinajstić information content (AvgIpc) is 2.61. The third-order valence-electron chi connectivity index (χ3n) is 3.30. The van der Waals surface area contributed by atoms with Gasteiger partial charge < -0.3 is 5.32 Å². The molecule has 1 aromatic rings. The summed E-state index contributed by atoms with van der Waals surface area (Å²) < 4.78 is 1.70. The number of hydrogen-bond acceptors (Lipinski definition) is 2. The van der Waals surface area contributed by atoms with Crippen molar-refractivity contribution >= 4 is 17.5 Å². The Hall–Kier alpha value is -1.03. The van der Waals surface area contributed by atoms with E-state index in [1.165, 1.54) is 19.3 Å². The fourth-order valence-electron chi connectivity index (χ4n) is 1.92. The summed E-state index contributed by atoms with van der Waals surface area (Å²) in [5.41, 5.74) is 0. The number of carbonyl (C=O) groups excluding carboxylic acids is 1. The van der Waals surface area contributed by atoms with Gasteiger partial charge in [-0.2, -0.15) is 5.10 Å². The molecule has 2 rings (SSSR count). The summed E-state index contributed by atoms with van der Waals surface area (Å²) in [6, 6.07) is 0. The SMILES string of the molecule is CC(Cn1cc(Cl)cn1)C(=O)NCC1CCC1. The Labute approximate surface area is 106 Å². The van der Waals surface area contributed by atoms with Gasteiger partial charge in [-0.15, -0.1) is 0 Å². The summed E-state index contributed by atoms with van der Waals surface area (Å²) in [4.78, 5) is 11.8. The normalized spacial score (nSPS) is 17.5. The molecule has 1 saturated carbocycles. The highest BCUT2D eigenvalue weighted by Gasteiger charge is 2.20. The summed E-state index contributed by atoms with van der Waals surface area (Å²) in [5, 5.41) is 7.67. The van der Waals surface area contributed by atoms with Gasteiger partial charge >= 0.3 is 0 Å². The van der Waals surface area contributed by atoms with Crippen molar-refractivity contribution in [3.63, 3.8) is 0 Å². The highest BCUT2D eigenvalue weighted by molar-refractivity contribution is 6.30. The van der Waals surface area contributed by atoms with Crippen molar-refractivity contribution in [2.45, 2.75) is 32.7 Å². The van der Waals surface area contributed by atoms with Crippen molar-refractivity contribution in [2.24, 2.45) is 11.8 Å².